The molecule has 0 unspecified atom stereocenters. The van der Waals surface area contributed by atoms with Crippen molar-refractivity contribution in [1.82, 2.24) is 10.4 Å². The Labute approximate surface area is 143 Å². The van der Waals surface area contributed by atoms with Crippen LogP contribution >= 0.6 is 0 Å². The third-order valence-corrected chi connectivity index (χ3v) is 3.68. The summed E-state index contributed by atoms with van der Waals surface area (Å²) in [6, 6.07) is 11.9. The van der Waals surface area contributed by atoms with E-state index < -0.39 is 5.91 Å². The number of hydrogen-bond acceptors (Lipinski definition) is 5. The Bertz CT molecular complexity index is 947. The summed E-state index contributed by atoms with van der Waals surface area (Å²) in [4.78, 5) is 15.3. The van der Waals surface area contributed by atoms with Crippen molar-refractivity contribution in [3.05, 3.63) is 53.7 Å². The summed E-state index contributed by atoms with van der Waals surface area (Å²) in [5.41, 5.74) is 3.97. The molecular weight excluding hydrogens is 322 g/mol. The Hall–Kier alpha value is -3.48. The maximum atomic E-state index is 12.3. The molecular formula is C18H17N3O4. The van der Waals surface area contributed by atoms with Gasteiger partial charge in [0.05, 0.1) is 26.0 Å². The van der Waals surface area contributed by atoms with Crippen molar-refractivity contribution in [3.63, 3.8) is 0 Å². The smallest absolute Gasteiger partial charge is 0.287 e. The molecule has 0 fully saturated rings. The van der Waals surface area contributed by atoms with Crippen LogP contribution in [0.4, 0.5) is 0 Å². The first kappa shape index (κ1) is 16.4. The Balaban J connectivity index is 1.81. The van der Waals surface area contributed by atoms with Gasteiger partial charge in [-0.05, 0) is 18.2 Å². The topological polar surface area (TPSA) is 95.9 Å². The second-order valence-electron chi connectivity index (χ2n) is 5.23. The third-order valence-electron chi connectivity index (χ3n) is 3.68. The van der Waals surface area contributed by atoms with Crippen LogP contribution in [0.15, 0.2) is 47.6 Å². The van der Waals surface area contributed by atoms with Crippen LogP contribution in [-0.4, -0.2) is 36.4 Å². The van der Waals surface area contributed by atoms with Gasteiger partial charge < -0.3 is 19.6 Å². The predicted molar refractivity (Wildman–Crippen MR) is 94.6 cm³/mol. The van der Waals surface area contributed by atoms with E-state index in [1.165, 1.54) is 6.21 Å². The van der Waals surface area contributed by atoms with E-state index >= 15 is 0 Å². The summed E-state index contributed by atoms with van der Waals surface area (Å²) in [7, 11) is 3.11. The minimum Gasteiger partial charge on any atom is -0.507 e. The minimum absolute atomic E-state index is 0.0861. The lowest BCUT2D eigenvalue weighted by atomic mass is 10.2. The van der Waals surface area contributed by atoms with E-state index in [1.54, 1.807) is 56.7 Å². The van der Waals surface area contributed by atoms with Crippen LogP contribution in [-0.2, 0) is 0 Å². The highest BCUT2D eigenvalue weighted by molar-refractivity contribution is 6.00. The van der Waals surface area contributed by atoms with Gasteiger partial charge in [-0.15, -0.1) is 0 Å². The first-order chi connectivity index (χ1) is 12.1. The number of carbonyl (C=O) groups is 1. The number of aromatic amines is 1. The van der Waals surface area contributed by atoms with E-state index in [0.717, 1.165) is 5.39 Å². The number of para-hydroxylation sites is 1. The zero-order valence-corrected chi connectivity index (χ0v) is 13.7. The number of amides is 1. The van der Waals surface area contributed by atoms with Crippen molar-refractivity contribution >= 4 is 23.0 Å². The van der Waals surface area contributed by atoms with E-state index in [4.69, 9.17) is 9.47 Å². The SMILES string of the molecule is COc1cc(OC)c2cc(C(=O)N/N=C/c3ccccc3O)[nH]c2c1. The lowest BCUT2D eigenvalue weighted by molar-refractivity contribution is 0.0951. The molecule has 0 aliphatic carbocycles. The average molecular weight is 339 g/mol. The van der Waals surface area contributed by atoms with Gasteiger partial charge in [-0.2, -0.15) is 5.10 Å². The number of carbonyl (C=O) groups excluding carboxylic acids is 1. The lowest BCUT2D eigenvalue weighted by Crippen LogP contribution is -2.17. The fraction of sp³-hybridized carbons (Fsp3) is 0.111. The molecule has 3 aromatic rings. The first-order valence-corrected chi connectivity index (χ1v) is 7.48. The van der Waals surface area contributed by atoms with Crippen molar-refractivity contribution < 1.29 is 19.4 Å². The number of ether oxygens (including phenoxy) is 2. The standard InChI is InChI=1S/C18H17N3O4/c1-24-12-7-14-13(17(8-12)25-2)9-15(20-14)18(23)21-19-10-11-5-3-4-6-16(11)22/h3-10,20,22H,1-2H3,(H,21,23)/b19-10+. The van der Waals surface area contributed by atoms with E-state index in [0.29, 0.717) is 28.3 Å². The Morgan fingerprint density at radius 3 is 2.72 bits per heavy atom. The fourth-order valence-corrected chi connectivity index (χ4v) is 2.41. The summed E-state index contributed by atoms with van der Waals surface area (Å²) in [6.45, 7) is 0. The number of fused-ring (bicyclic) bond motifs is 1. The van der Waals surface area contributed by atoms with Gasteiger partial charge in [0.15, 0.2) is 0 Å². The van der Waals surface area contributed by atoms with Crippen LogP contribution in [0, 0.1) is 0 Å². The highest BCUT2D eigenvalue weighted by Gasteiger charge is 2.13. The highest BCUT2D eigenvalue weighted by atomic mass is 16.5. The molecule has 1 heterocycles. The number of nitrogens with one attached hydrogen (secondary N) is 2. The fourth-order valence-electron chi connectivity index (χ4n) is 2.41. The second kappa shape index (κ2) is 6.96. The molecule has 0 radical (unpaired) electrons. The van der Waals surface area contributed by atoms with Crippen LogP contribution in [0.3, 0.4) is 0 Å². The summed E-state index contributed by atoms with van der Waals surface area (Å²) in [5.74, 6) is 0.893. The van der Waals surface area contributed by atoms with Gasteiger partial charge in [-0.1, -0.05) is 12.1 Å². The number of phenols is 1. The summed E-state index contributed by atoms with van der Waals surface area (Å²) < 4.78 is 10.5. The van der Waals surface area contributed by atoms with Crippen LogP contribution < -0.4 is 14.9 Å². The molecule has 0 spiro atoms. The maximum Gasteiger partial charge on any atom is 0.287 e. The molecule has 0 aliphatic rings. The molecule has 1 amide bonds. The molecule has 0 aliphatic heterocycles. The summed E-state index contributed by atoms with van der Waals surface area (Å²) >= 11 is 0. The van der Waals surface area contributed by atoms with Gasteiger partial charge in [0, 0.05) is 23.1 Å². The number of methoxy groups -OCH3 is 2. The molecule has 7 heteroatoms. The van der Waals surface area contributed by atoms with Crippen LogP contribution in [0.5, 0.6) is 17.2 Å². The van der Waals surface area contributed by atoms with Gasteiger partial charge in [-0.25, -0.2) is 5.43 Å². The first-order valence-electron chi connectivity index (χ1n) is 7.48. The quantitative estimate of drug-likeness (QED) is 0.492. The molecule has 2 aromatic carbocycles. The summed E-state index contributed by atoms with van der Waals surface area (Å²) in [6.07, 6.45) is 1.37. The molecule has 3 N–H and O–H groups in total. The zero-order valence-electron chi connectivity index (χ0n) is 13.7. The van der Waals surface area contributed by atoms with Crippen LogP contribution in [0.1, 0.15) is 16.1 Å². The number of phenolic OH excluding ortho intramolecular Hbond substituents is 1. The number of aromatic nitrogens is 1. The molecule has 128 valence electrons. The number of hydrazone groups is 1. The maximum absolute atomic E-state index is 12.3. The van der Waals surface area contributed by atoms with Crippen LogP contribution in [0.2, 0.25) is 0 Å². The van der Waals surface area contributed by atoms with Crippen molar-refractivity contribution in [2.45, 2.75) is 0 Å². The molecule has 1 aromatic heterocycles. The van der Waals surface area contributed by atoms with Crippen LogP contribution in [0.25, 0.3) is 10.9 Å². The number of hydrogen-bond donors (Lipinski definition) is 3. The number of nitrogens with zero attached hydrogens (tertiary/aromatic N) is 1. The molecule has 0 saturated carbocycles. The van der Waals surface area contributed by atoms with E-state index in [1.807, 2.05) is 0 Å². The highest BCUT2D eigenvalue weighted by Crippen LogP contribution is 2.31. The van der Waals surface area contributed by atoms with E-state index in [-0.39, 0.29) is 5.75 Å². The normalized spacial score (nSPS) is 11.0. The van der Waals surface area contributed by atoms with Gasteiger partial charge in [-0.3, -0.25) is 4.79 Å². The van der Waals surface area contributed by atoms with Crippen molar-refractivity contribution in [2.24, 2.45) is 5.10 Å². The Kier molecular flexibility index (Phi) is 4.56. The molecule has 0 saturated heterocycles. The second-order valence-corrected chi connectivity index (χ2v) is 5.23. The van der Waals surface area contributed by atoms with E-state index in [9.17, 15) is 9.90 Å². The Morgan fingerprint density at radius 2 is 2.00 bits per heavy atom. The van der Waals surface area contributed by atoms with Crippen molar-refractivity contribution in [2.75, 3.05) is 14.2 Å². The van der Waals surface area contributed by atoms with E-state index in [2.05, 4.69) is 15.5 Å². The number of benzene rings is 2. The van der Waals surface area contributed by atoms with Crippen molar-refractivity contribution in [1.29, 1.82) is 0 Å². The van der Waals surface area contributed by atoms with Crippen molar-refractivity contribution in [3.8, 4) is 17.2 Å². The zero-order chi connectivity index (χ0) is 17.8. The molecule has 0 bridgehead atoms. The minimum atomic E-state index is -0.413. The summed E-state index contributed by atoms with van der Waals surface area (Å²) in [5, 5.41) is 14.3. The molecule has 0 atom stereocenters. The largest absolute Gasteiger partial charge is 0.507 e. The number of aromatic hydroxyl groups is 1. The van der Waals surface area contributed by atoms with Gasteiger partial charge in [0.1, 0.15) is 22.9 Å². The number of H-pyrrole nitrogens is 1. The Morgan fingerprint density at radius 1 is 1.20 bits per heavy atom. The monoisotopic (exact) mass is 339 g/mol. The van der Waals surface area contributed by atoms with Gasteiger partial charge in [0.2, 0.25) is 0 Å². The van der Waals surface area contributed by atoms with Gasteiger partial charge in [0.25, 0.3) is 5.91 Å². The molecule has 7 nitrogen and oxygen atoms in total. The van der Waals surface area contributed by atoms with Gasteiger partial charge >= 0.3 is 0 Å². The predicted octanol–water partition coefficient (Wildman–Crippen LogP) is 2.65. The lowest BCUT2D eigenvalue weighted by Gasteiger charge is -2.04. The molecule has 25 heavy (non-hydrogen) atoms. The third kappa shape index (κ3) is 3.40. The average Bonchev–Trinajstić information content (AvgIpc) is 3.06. The molecule has 3 rings (SSSR count). The number of rotatable bonds is 5.